The molecule has 1 atom stereocenters. The van der Waals surface area contributed by atoms with Gasteiger partial charge in [0.25, 0.3) is 5.91 Å². The Morgan fingerprint density at radius 1 is 1.16 bits per heavy atom. The number of amides is 2. The summed E-state index contributed by atoms with van der Waals surface area (Å²) in [6, 6.07) is 15.9. The van der Waals surface area contributed by atoms with E-state index in [2.05, 4.69) is 21.8 Å². The highest BCUT2D eigenvalue weighted by Crippen LogP contribution is 2.24. The van der Waals surface area contributed by atoms with Crippen LogP contribution in [0.4, 0.5) is 0 Å². The van der Waals surface area contributed by atoms with Crippen molar-refractivity contribution >= 4 is 22.7 Å². The van der Waals surface area contributed by atoms with Gasteiger partial charge in [0.1, 0.15) is 6.04 Å². The van der Waals surface area contributed by atoms with Gasteiger partial charge in [-0.05, 0) is 29.2 Å². The zero-order valence-corrected chi connectivity index (χ0v) is 21.5. The summed E-state index contributed by atoms with van der Waals surface area (Å²) in [5.74, 6) is -0.809. The van der Waals surface area contributed by atoms with E-state index in [-0.39, 0.29) is 18.1 Å². The van der Waals surface area contributed by atoms with Gasteiger partial charge in [-0.25, -0.2) is 0 Å². The molecule has 0 aliphatic carbocycles. The molecule has 0 bridgehead atoms. The van der Waals surface area contributed by atoms with Gasteiger partial charge in [-0.15, -0.1) is 0 Å². The van der Waals surface area contributed by atoms with Crippen LogP contribution < -0.4 is 10.6 Å². The summed E-state index contributed by atoms with van der Waals surface area (Å²) in [5.41, 5.74) is 0.936. The zero-order valence-electron chi connectivity index (χ0n) is 21.5. The highest BCUT2D eigenvalue weighted by molar-refractivity contribution is 6.06. The Morgan fingerprint density at radius 3 is 2.49 bits per heavy atom. The monoisotopic (exact) mass is 503 g/mol. The molecule has 1 saturated heterocycles. The molecular weight excluding hydrogens is 470 g/mol. The molecule has 0 saturated carbocycles. The smallest absolute Gasteiger partial charge is 0.273 e. The van der Waals surface area contributed by atoms with Crippen LogP contribution in [0.5, 0.6) is 0 Å². The van der Waals surface area contributed by atoms with Crippen molar-refractivity contribution in [2.45, 2.75) is 51.8 Å². The molecule has 194 valence electrons. The van der Waals surface area contributed by atoms with E-state index in [4.69, 9.17) is 10.00 Å². The average molecular weight is 504 g/mol. The first-order chi connectivity index (χ1) is 17.6. The molecule has 0 radical (unpaired) electrons. The number of hydrogen-bond acceptors (Lipinski definition) is 6. The van der Waals surface area contributed by atoms with Crippen molar-refractivity contribution in [2.75, 3.05) is 19.8 Å². The van der Waals surface area contributed by atoms with Crippen molar-refractivity contribution in [1.82, 2.24) is 20.4 Å². The molecule has 2 aromatic carbocycles. The number of hydrogen-bond donors (Lipinski definition) is 3. The third-order valence-corrected chi connectivity index (χ3v) is 6.71. The van der Waals surface area contributed by atoms with Gasteiger partial charge in [-0.2, -0.15) is 10.4 Å². The minimum Gasteiger partial charge on any atom is -0.388 e. The predicted molar refractivity (Wildman–Crippen MR) is 139 cm³/mol. The van der Waals surface area contributed by atoms with Gasteiger partial charge >= 0.3 is 0 Å². The van der Waals surface area contributed by atoms with E-state index < -0.39 is 23.0 Å². The number of nitrogens with one attached hydrogen (secondary N) is 2. The van der Waals surface area contributed by atoms with Gasteiger partial charge in [-0.1, -0.05) is 51.1 Å². The predicted octanol–water partition coefficient (Wildman–Crippen LogP) is 2.76. The number of fused-ring (bicyclic) bond motifs is 1. The lowest BCUT2D eigenvalue weighted by Crippen LogP contribution is -2.56. The highest BCUT2D eigenvalue weighted by Gasteiger charge is 2.36. The maximum absolute atomic E-state index is 13.5. The third-order valence-electron chi connectivity index (χ3n) is 6.71. The number of ether oxygens (including phenoxy) is 1. The molecule has 1 aliphatic rings. The van der Waals surface area contributed by atoms with Gasteiger partial charge in [0.2, 0.25) is 5.91 Å². The van der Waals surface area contributed by atoms with Gasteiger partial charge < -0.3 is 20.5 Å². The Hall–Kier alpha value is -3.74. The second-order valence-corrected chi connectivity index (χ2v) is 10.7. The van der Waals surface area contributed by atoms with Crippen LogP contribution in [-0.4, -0.2) is 58.1 Å². The third kappa shape index (κ3) is 6.16. The maximum Gasteiger partial charge on any atom is 0.273 e. The van der Waals surface area contributed by atoms with Crippen molar-refractivity contribution in [2.24, 2.45) is 5.41 Å². The van der Waals surface area contributed by atoms with Crippen LogP contribution in [-0.2, 0) is 16.1 Å². The molecule has 0 unspecified atom stereocenters. The summed E-state index contributed by atoms with van der Waals surface area (Å²) in [6.07, 6.45) is 0.894. The van der Waals surface area contributed by atoms with Gasteiger partial charge in [0.15, 0.2) is 5.69 Å². The van der Waals surface area contributed by atoms with Crippen molar-refractivity contribution in [1.29, 1.82) is 5.26 Å². The summed E-state index contributed by atoms with van der Waals surface area (Å²) in [7, 11) is 0. The Balaban J connectivity index is 1.54. The lowest BCUT2D eigenvalue weighted by atomic mass is 9.85. The molecule has 3 aromatic rings. The van der Waals surface area contributed by atoms with Gasteiger partial charge in [0.05, 0.1) is 29.3 Å². The summed E-state index contributed by atoms with van der Waals surface area (Å²) in [5, 5.41) is 30.8. The number of nitriles is 1. The molecule has 1 fully saturated rings. The molecule has 1 aliphatic heterocycles. The van der Waals surface area contributed by atoms with Crippen LogP contribution in [0.3, 0.4) is 0 Å². The number of para-hydroxylation sites is 1. The first-order valence-electron chi connectivity index (χ1n) is 12.4. The number of rotatable bonds is 7. The van der Waals surface area contributed by atoms with Crippen LogP contribution in [0.15, 0.2) is 48.5 Å². The van der Waals surface area contributed by atoms with Crippen LogP contribution >= 0.6 is 0 Å². The van der Waals surface area contributed by atoms with Crippen molar-refractivity contribution in [3.05, 3.63) is 65.4 Å². The highest BCUT2D eigenvalue weighted by atomic mass is 16.5. The molecule has 9 nitrogen and oxygen atoms in total. The second-order valence-electron chi connectivity index (χ2n) is 10.7. The second kappa shape index (κ2) is 10.7. The fraction of sp³-hybridized carbons (Fsp3) is 0.429. The summed E-state index contributed by atoms with van der Waals surface area (Å²) >= 11 is 0. The van der Waals surface area contributed by atoms with Crippen molar-refractivity contribution < 1.29 is 19.4 Å². The quantitative estimate of drug-likeness (QED) is 0.455. The summed E-state index contributed by atoms with van der Waals surface area (Å²) in [6.45, 7) is 7.05. The number of carbonyl (C=O) groups is 2. The molecule has 0 spiro atoms. The Kier molecular flexibility index (Phi) is 7.62. The van der Waals surface area contributed by atoms with Crippen molar-refractivity contribution in [3.8, 4) is 6.07 Å². The minimum atomic E-state index is -1.01. The number of aliphatic hydroxyl groups is 1. The Bertz CT molecular complexity index is 1310. The molecule has 1 aromatic heterocycles. The van der Waals surface area contributed by atoms with Crippen molar-refractivity contribution in [3.63, 3.8) is 0 Å². The van der Waals surface area contributed by atoms with Gasteiger partial charge in [-0.3, -0.25) is 14.3 Å². The fourth-order valence-corrected chi connectivity index (χ4v) is 4.43. The summed E-state index contributed by atoms with van der Waals surface area (Å²) in [4.78, 5) is 26.7. The normalized spacial score (nSPS) is 16.1. The first kappa shape index (κ1) is 26.3. The molecule has 9 heteroatoms. The molecule has 2 heterocycles. The number of aromatic nitrogens is 2. The molecular formula is C28H33N5O4. The number of nitrogens with zero attached hydrogens (tertiary/aromatic N) is 3. The van der Waals surface area contributed by atoms with Gasteiger partial charge in [0, 0.05) is 38.0 Å². The zero-order chi connectivity index (χ0) is 26.6. The number of carbonyl (C=O) groups excluding carboxylic acids is 2. The van der Waals surface area contributed by atoms with E-state index >= 15 is 0 Å². The van der Waals surface area contributed by atoms with E-state index in [9.17, 15) is 14.7 Å². The lowest BCUT2D eigenvalue weighted by Gasteiger charge is -2.34. The van der Waals surface area contributed by atoms with Crippen LogP contribution in [0.2, 0.25) is 0 Å². The van der Waals surface area contributed by atoms with Crippen LogP contribution in [0, 0.1) is 16.7 Å². The maximum atomic E-state index is 13.5. The molecule has 37 heavy (non-hydrogen) atoms. The standard InChI is InChI=1S/C28H33N5O4/c1-27(2,3)24(26(35)30-18-28(36)12-14-37-15-13-28)31-25(34)23-21-6-4-5-7-22(21)33(32-23)17-20-10-8-19(16-29)9-11-20/h4-11,24,36H,12-15,17-18H2,1-3H3,(H,30,35)(H,31,34)/t24-/m1/s1. The molecule has 3 N–H and O–H groups in total. The Morgan fingerprint density at radius 2 is 1.84 bits per heavy atom. The average Bonchev–Trinajstić information content (AvgIpc) is 3.24. The van der Waals surface area contributed by atoms with E-state index in [1.165, 1.54) is 0 Å². The largest absolute Gasteiger partial charge is 0.388 e. The Labute approximate surface area is 216 Å². The van der Waals surface area contributed by atoms with Crippen LogP contribution in [0.25, 0.3) is 10.9 Å². The van der Waals surface area contributed by atoms with E-state index in [1.54, 1.807) is 16.8 Å². The summed E-state index contributed by atoms with van der Waals surface area (Å²) < 4.78 is 7.06. The van der Waals surface area contributed by atoms with Crippen LogP contribution in [0.1, 0.15) is 55.2 Å². The topological polar surface area (TPSA) is 129 Å². The molecule has 2 amide bonds. The minimum absolute atomic E-state index is 0.0970. The lowest BCUT2D eigenvalue weighted by molar-refractivity contribution is -0.128. The molecule has 4 rings (SSSR count). The SMILES string of the molecule is CC(C)(C)[C@H](NC(=O)c1nn(Cc2ccc(C#N)cc2)c2ccccc12)C(=O)NCC1(O)CCOCC1. The van der Waals surface area contributed by atoms with E-state index in [0.717, 1.165) is 11.1 Å². The van der Waals surface area contributed by atoms with E-state index in [1.807, 2.05) is 57.2 Å². The van der Waals surface area contributed by atoms with E-state index in [0.29, 0.717) is 43.5 Å². The fourth-order valence-electron chi connectivity index (χ4n) is 4.43. The first-order valence-corrected chi connectivity index (χ1v) is 12.4. The number of benzene rings is 2.